The molecule has 9 heteroatoms. The molecule has 0 aliphatic carbocycles. The molecule has 2 aliphatic heterocycles. The Labute approximate surface area is 221 Å². The Morgan fingerprint density at radius 3 is 2.43 bits per heavy atom. The smallest absolute Gasteiger partial charge is 0.248 e. The summed E-state index contributed by atoms with van der Waals surface area (Å²) in [5.41, 5.74) is 3.53. The van der Waals surface area contributed by atoms with Gasteiger partial charge in [0.15, 0.2) is 0 Å². The third-order valence-electron chi connectivity index (χ3n) is 7.53. The molecule has 2 atom stereocenters. The number of sulfonamides is 1. The molecule has 37 heavy (non-hydrogen) atoms. The molecule has 0 radical (unpaired) electrons. The summed E-state index contributed by atoms with van der Waals surface area (Å²) in [5.74, 6) is 0.602. The number of carbonyl (C=O) groups is 1. The fourth-order valence-corrected chi connectivity index (χ4v) is 7.71. The maximum absolute atomic E-state index is 13.6. The van der Waals surface area contributed by atoms with E-state index in [0.717, 1.165) is 44.3 Å². The highest BCUT2D eigenvalue weighted by atomic mass is 32.2. The third kappa shape index (κ3) is 6.16. The summed E-state index contributed by atoms with van der Waals surface area (Å²) in [6.45, 7) is 7.04. The summed E-state index contributed by atoms with van der Waals surface area (Å²) in [7, 11) is -2.12. The summed E-state index contributed by atoms with van der Waals surface area (Å²) < 4.78 is 39.9. The zero-order valence-electron chi connectivity index (χ0n) is 22.4. The first-order valence-electron chi connectivity index (χ1n) is 13.2. The number of aromatic nitrogens is 1. The van der Waals surface area contributed by atoms with E-state index in [1.807, 2.05) is 11.1 Å². The minimum Gasteiger partial charge on any atom is -0.497 e. The second-order valence-electron chi connectivity index (χ2n) is 10.1. The van der Waals surface area contributed by atoms with Gasteiger partial charge in [-0.05, 0) is 80.8 Å². The molecule has 2 fully saturated rings. The number of ether oxygens (including phenoxy) is 2. The molecule has 4 rings (SSSR count). The highest BCUT2D eigenvalue weighted by Gasteiger charge is 2.37. The quantitative estimate of drug-likeness (QED) is 0.467. The zero-order chi connectivity index (χ0) is 26.6. The van der Waals surface area contributed by atoms with Crippen LogP contribution in [-0.4, -0.2) is 74.0 Å². The lowest BCUT2D eigenvalue weighted by atomic mass is 10.1. The van der Waals surface area contributed by atoms with Crippen molar-refractivity contribution in [1.29, 1.82) is 0 Å². The van der Waals surface area contributed by atoms with E-state index in [0.29, 0.717) is 34.7 Å². The Hall–Kier alpha value is -2.49. The van der Waals surface area contributed by atoms with Crippen LogP contribution in [0.25, 0.3) is 0 Å². The number of aryl methyl sites for hydroxylation is 3. The summed E-state index contributed by atoms with van der Waals surface area (Å²) in [4.78, 5) is 19.8. The maximum atomic E-state index is 13.6. The van der Waals surface area contributed by atoms with Crippen molar-refractivity contribution in [3.8, 4) is 5.75 Å². The van der Waals surface area contributed by atoms with Crippen LogP contribution in [0.5, 0.6) is 5.75 Å². The average molecular weight is 530 g/mol. The van der Waals surface area contributed by atoms with Crippen molar-refractivity contribution >= 4 is 15.9 Å². The maximum Gasteiger partial charge on any atom is 0.248 e. The number of methoxy groups -OCH3 is 1. The number of pyridine rings is 1. The molecule has 0 saturated carbocycles. The first-order chi connectivity index (χ1) is 17.7. The van der Waals surface area contributed by atoms with Gasteiger partial charge in [-0.25, -0.2) is 8.42 Å². The fraction of sp³-hybridized carbons (Fsp3) is 0.571. The Bertz CT molecular complexity index is 1180. The van der Waals surface area contributed by atoms with Gasteiger partial charge in [0, 0.05) is 43.5 Å². The summed E-state index contributed by atoms with van der Waals surface area (Å²) >= 11 is 0. The molecular weight excluding hydrogens is 490 g/mol. The SMILES string of the molecule is CCc1ccc(CC2CCCN2C(=O)COCC2CCCN2S(=O)(=O)c2c(C)cc(OC)cc2C)nc1. The van der Waals surface area contributed by atoms with Crippen molar-refractivity contribution < 1.29 is 22.7 Å². The van der Waals surface area contributed by atoms with E-state index >= 15 is 0 Å². The zero-order valence-corrected chi connectivity index (χ0v) is 23.2. The molecule has 2 aromatic rings. The normalized spacial score (nSPS) is 20.5. The van der Waals surface area contributed by atoms with Gasteiger partial charge in [0.05, 0.1) is 18.6 Å². The first kappa shape index (κ1) is 27.5. The number of nitrogens with zero attached hydrogens (tertiary/aromatic N) is 3. The van der Waals surface area contributed by atoms with Gasteiger partial charge in [-0.2, -0.15) is 4.31 Å². The Morgan fingerprint density at radius 2 is 1.78 bits per heavy atom. The molecule has 202 valence electrons. The van der Waals surface area contributed by atoms with Gasteiger partial charge in [-0.3, -0.25) is 9.78 Å². The van der Waals surface area contributed by atoms with Gasteiger partial charge >= 0.3 is 0 Å². The lowest BCUT2D eigenvalue weighted by Gasteiger charge is -2.27. The van der Waals surface area contributed by atoms with E-state index < -0.39 is 10.0 Å². The van der Waals surface area contributed by atoms with E-state index in [4.69, 9.17) is 9.47 Å². The van der Waals surface area contributed by atoms with Gasteiger partial charge < -0.3 is 14.4 Å². The molecule has 1 aromatic heterocycles. The van der Waals surface area contributed by atoms with Gasteiger partial charge in [0.2, 0.25) is 15.9 Å². The first-order valence-corrected chi connectivity index (χ1v) is 14.7. The largest absolute Gasteiger partial charge is 0.497 e. The van der Waals surface area contributed by atoms with Gasteiger partial charge in [-0.15, -0.1) is 0 Å². The molecule has 2 unspecified atom stereocenters. The van der Waals surface area contributed by atoms with Crippen LogP contribution >= 0.6 is 0 Å². The predicted molar refractivity (Wildman–Crippen MR) is 142 cm³/mol. The van der Waals surface area contributed by atoms with Crippen LogP contribution in [0.4, 0.5) is 0 Å². The minimum atomic E-state index is -3.69. The van der Waals surface area contributed by atoms with Crippen LogP contribution < -0.4 is 4.74 Å². The predicted octanol–water partition coefficient (Wildman–Crippen LogP) is 3.67. The molecule has 0 N–H and O–H groups in total. The number of rotatable bonds is 10. The van der Waals surface area contributed by atoms with Crippen molar-refractivity contribution in [2.75, 3.05) is 33.4 Å². The molecule has 0 bridgehead atoms. The molecule has 2 saturated heterocycles. The number of carbonyl (C=O) groups excluding carboxylic acids is 1. The Balaban J connectivity index is 1.35. The molecule has 2 aliphatic rings. The van der Waals surface area contributed by atoms with Crippen LogP contribution in [0, 0.1) is 13.8 Å². The lowest BCUT2D eigenvalue weighted by Crippen LogP contribution is -2.41. The second kappa shape index (κ2) is 11.9. The van der Waals surface area contributed by atoms with Crippen LogP contribution in [0.15, 0.2) is 35.4 Å². The highest BCUT2D eigenvalue weighted by molar-refractivity contribution is 7.89. The van der Waals surface area contributed by atoms with E-state index in [9.17, 15) is 13.2 Å². The van der Waals surface area contributed by atoms with Crippen LogP contribution in [0.3, 0.4) is 0 Å². The van der Waals surface area contributed by atoms with Gasteiger partial charge in [0.25, 0.3) is 0 Å². The van der Waals surface area contributed by atoms with Crippen molar-refractivity contribution in [3.63, 3.8) is 0 Å². The van der Waals surface area contributed by atoms with Crippen molar-refractivity contribution in [2.24, 2.45) is 0 Å². The molecule has 0 spiro atoms. The molecule has 1 amide bonds. The van der Waals surface area contributed by atoms with Crippen molar-refractivity contribution in [2.45, 2.75) is 76.3 Å². The summed E-state index contributed by atoms with van der Waals surface area (Å²) in [5, 5.41) is 0. The molecule has 1 aromatic carbocycles. The molecule has 8 nitrogen and oxygen atoms in total. The monoisotopic (exact) mass is 529 g/mol. The van der Waals surface area contributed by atoms with E-state index in [-0.39, 0.29) is 31.2 Å². The summed E-state index contributed by atoms with van der Waals surface area (Å²) in [6, 6.07) is 7.50. The fourth-order valence-electron chi connectivity index (χ4n) is 5.61. The number of amides is 1. The Morgan fingerprint density at radius 1 is 1.08 bits per heavy atom. The number of hydrogen-bond donors (Lipinski definition) is 0. The average Bonchev–Trinajstić information content (AvgIpc) is 3.54. The van der Waals surface area contributed by atoms with Crippen molar-refractivity contribution in [1.82, 2.24) is 14.2 Å². The van der Waals surface area contributed by atoms with Crippen LogP contribution in [-0.2, 0) is 32.4 Å². The van der Waals surface area contributed by atoms with Gasteiger partial charge in [-0.1, -0.05) is 13.0 Å². The number of likely N-dealkylation sites (tertiary alicyclic amines) is 1. The topological polar surface area (TPSA) is 89.0 Å². The molecular formula is C28H39N3O5S. The Kier molecular flexibility index (Phi) is 8.87. The number of benzene rings is 1. The minimum absolute atomic E-state index is 0.0380. The standard InChI is InChI=1S/C28H39N3O5S/c1-5-22-10-11-23(29-17-22)16-24-8-6-12-30(24)27(32)19-36-18-25-9-7-13-31(25)37(33,34)28-20(2)14-26(35-4)15-21(28)3/h10-11,14-15,17,24-25H,5-9,12-13,16,18-19H2,1-4H3. The third-order valence-corrected chi connectivity index (χ3v) is 9.79. The van der Waals surface area contributed by atoms with E-state index in [1.54, 1.807) is 37.4 Å². The van der Waals surface area contributed by atoms with E-state index in [1.165, 1.54) is 5.56 Å². The summed E-state index contributed by atoms with van der Waals surface area (Å²) in [6.07, 6.45) is 7.02. The van der Waals surface area contributed by atoms with E-state index in [2.05, 4.69) is 24.0 Å². The number of hydrogen-bond acceptors (Lipinski definition) is 6. The van der Waals surface area contributed by atoms with Gasteiger partial charge in [0.1, 0.15) is 12.4 Å². The van der Waals surface area contributed by atoms with Crippen LogP contribution in [0.2, 0.25) is 0 Å². The van der Waals surface area contributed by atoms with Crippen molar-refractivity contribution in [3.05, 3.63) is 52.8 Å². The van der Waals surface area contributed by atoms with Crippen LogP contribution in [0.1, 0.15) is 55.0 Å². The highest BCUT2D eigenvalue weighted by Crippen LogP contribution is 2.32. The lowest BCUT2D eigenvalue weighted by molar-refractivity contribution is -0.137. The molecule has 3 heterocycles. The second-order valence-corrected chi connectivity index (χ2v) is 11.9.